The molecule has 0 N–H and O–H groups in total. The summed E-state index contributed by atoms with van der Waals surface area (Å²) < 4.78 is 2.51. The topological polar surface area (TPSA) is 43.6 Å². The van der Waals surface area contributed by atoms with E-state index in [0.29, 0.717) is 17.5 Å². The monoisotopic (exact) mass is 695 g/mol. The van der Waals surface area contributed by atoms with Crippen LogP contribution in [0.1, 0.15) is 22.3 Å². The van der Waals surface area contributed by atoms with Gasteiger partial charge in [-0.3, -0.25) is 0 Å². The van der Waals surface area contributed by atoms with Crippen molar-refractivity contribution in [2.75, 3.05) is 0 Å². The van der Waals surface area contributed by atoms with Gasteiger partial charge in [0, 0.05) is 27.5 Å². The van der Waals surface area contributed by atoms with Gasteiger partial charge < -0.3 is 4.57 Å². The van der Waals surface area contributed by atoms with Gasteiger partial charge in [-0.05, 0) is 34.4 Å². The Kier molecular flexibility index (Phi) is 7.30. The van der Waals surface area contributed by atoms with Crippen LogP contribution in [0.15, 0.2) is 176 Å². The van der Waals surface area contributed by atoms with E-state index < -0.39 is 14.2 Å². The SMILES string of the molecule is C[Si](C)c1ccc2c(c1)c1cccc3c1n2-c1ccccc1C3(c1ccccc1)c1ccc(-c2nc(-c3ccccc3)nc(-c3ccccc3)n2)cc1. The number of fused-ring (bicyclic) bond motifs is 5. The Morgan fingerprint density at radius 2 is 0.981 bits per heavy atom. The van der Waals surface area contributed by atoms with Gasteiger partial charge in [0.05, 0.1) is 30.9 Å². The molecule has 53 heavy (non-hydrogen) atoms. The highest BCUT2D eigenvalue weighted by atomic mass is 28.3. The standard InChI is InChI=1S/C48H35N4Si/c1-53(2)37-29-30-42-39(31-37)38-21-14-23-41-44(38)52(42)43-24-13-12-22-40(43)48(41,35-19-10-5-11-20-35)36-27-25-34(26-28-36)47-50-45(32-15-6-3-7-16-32)49-46(51-47)33-17-8-4-9-18-33/h3-31H,1-2H3. The minimum Gasteiger partial charge on any atom is -0.309 e. The summed E-state index contributed by atoms with van der Waals surface area (Å²) in [6.45, 7) is 4.74. The summed E-state index contributed by atoms with van der Waals surface area (Å²) in [5, 5.41) is 4.06. The largest absolute Gasteiger partial charge is 0.309 e. The fourth-order valence-corrected chi connectivity index (χ4v) is 9.20. The Labute approximate surface area is 310 Å². The van der Waals surface area contributed by atoms with Gasteiger partial charge in [0.1, 0.15) is 0 Å². The average Bonchev–Trinajstić information content (AvgIpc) is 3.57. The van der Waals surface area contributed by atoms with E-state index in [9.17, 15) is 0 Å². The number of rotatable bonds is 6. The van der Waals surface area contributed by atoms with Crippen molar-refractivity contribution in [2.24, 2.45) is 0 Å². The Morgan fingerprint density at radius 3 is 1.60 bits per heavy atom. The molecule has 1 atom stereocenters. The summed E-state index contributed by atoms with van der Waals surface area (Å²) in [4.78, 5) is 15.0. The normalized spacial score (nSPS) is 14.8. The molecule has 0 saturated heterocycles. The molecule has 10 rings (SSSR count). The Morgan fingerprint density at radius 1 is 0.453 bits per heavy atom. The summed E-state index contributed by atoms with van der Waals surface area (Å²) in [5.41, 5.74) is 11.0. The second-order valence-electron chi connectivity index (χ2n) is 14.0. The molecule has 0 fully saturated rings. The molecule has 251 valence electrons. The van der Waals surface area contributed by atoms with Crippen LogP contribution >= 0.6 is 0 Å². The maximum Gasteiger partial charge on any atom is 0.164 e. The molecule has 9 aromatic rings. The van der Waals surface area contributed by atoms with Gasteiger partial charge in [-0.25, -0.2) is 15.0 Å². The van der Waals surface area contributed by atoms with Crippen LogP contribution in [0.5, 0.6) is 0 Å². The summed E-state index contributed by atoms with van der Waals surface area (Å²) in [6.07, 6.45) is 0. The third-order valence-corrected chi connectivity index (χ3v) is 12.3. The number of hydrogen-bond donors (Lipinski definition) is 0. The first kappa shape index (κ1) is 31.3. The van der Waals surface area contributed by atoms with Crippen LogP contribution in [-0.4, -0.2) is 28.3 Å². The molecule has 3 heterocycles. The lowest BCUT2D eigenvalue weighted by Gasteiger charge is -2.41. The van der Waals surface area contributed by atoms with Gasteiger partial charge >= 0.3 is 0 Å². The summed E-state index contributed by atoms with van der Waals surface area (Å²) in [5.74, 6) is 1.96. The van der Waals surface area contributed by atoms with Crippen molar-refractivity contribution in [3.63, 3.8) is 0 Å². The van der Waals surface area contributed by atoms with Crippen molar-refractivity contribution in [3.05, 3.63) is 198 Å². The zero-order valence-electron chi connectivity index (χ0n) is 29.5. The van der Waals surface area contributed by atoms with Crippen LogP contribution in [0.25, 0.3) is 61.7 Å². The van der Waals surface area contributed by atoms with Crippen molar-refractivity contribution in [1.29, 1.82) is 0 Å². The molecule has 1 radical (unpaired) electrons. The third kappa shape index (κ3) is 4.85. The average molecular weight is 696 g/mol. The zero-order valence-corrected chi connectivity index (χ0v) is 30.5. The molecule has 1 aliphatic rings. The summed E-state index contributed by atoms with van der Waals surface area (Å²) in [7, 11) is -0.617. The van der Waals surface area contributed by atoms with E-state index in [-0.39, 0.29) is 0 Å². The number of hydrogen-bond acceptors (Lipinski definition) is 3. The molecule has 7 aromatic carbocycles. The lowest BCUT2D eigenvalue weighted by atomic mass is 9.63. The van der Waals surface area contributed by atoms with Crippen LogP contribution in [-0.2, 0) is 5.41 Å². The number of para-hydroxylation sites is 2. The summed E-state index contributed by atoms with van der Waals surface area (Å²) in [6, 6.07) is 63.2. The van der Waals surface area contributed by atoms with Gasteiger partial charge in [-0.1, -0.05) is 182 Å². The Hall–Kier alpha value is -6.43. The number of aromatic nitrogens is 4. The van der Waals surface area contributed by atoms with Gasteiger partial charge in [0.15, 0.2) is 17.5 Å². The van der Waals surface area contributed by atoms with E-state index >= 15 is 0 Å². The van der Waals surface area contributed by atoms with E-state index in [1.165, 1.54) is 54.9 Å². The zero-order chi connectivity index (χ0) is 35.5. The Balaban J connectivity index is 1.22. The minimum absolute atomic E-state index is 0.572. The first-order valence-corrected chi connectivity index (χ1v) is 20.6. The molecule has 1 aliphatic heterocycles. The highest BCUT2D eigenvalue weighted by Gasteiger charge is 2.45. The maximum absolute atomic E-state index is 5.03. The van der Waals surface area contributed by atoms with E-state index in [4.69, 9.17) is 15.0 Å². The van der Waals surface area contributed by atoms with Crippen LogP contribution in [0.3, 0.4) is 0 Å². The van der Waals surface area contributed by atoms with Crippen LogP contribution < -0.4 is 5.19 Å². The molecule has 0 spiro atoms. The van der Waals surface area contributed by atoms with Crippen molar-refractivity contribution in [2.45, 2.75) is 18.5 Å². The molecule has 1 unspecified atom stereocenters. The van der Waals surface area contributed by atoms with Crippen LogP contribution in [0.2, 0.25) is 13.1 Å². The smallest absolute Gasteiger partial charge is 0.164 e. The lowest BCUT2D eigenvalue weighted by Crippen LogP contribution is -2.35. The molecule has 0 aliphatic carbocycles. The lowest BCUT2D eigenvalue weighted by molar-refractivity contribution is 0.728. The molecule has 0 saturated carbocycles. The molecule has 0 amide bonds. The molecule has 2 aromatic heterocycles. The predicted molar refractivity (Wildman–Crippen MR) is 219 cm³/mol. The van der Waals surface area contributed by atoms with E-state index in [0.717, 1.165) is 16.7 Å². The first-order valence-electron chi connectivity index (χ1n) is 18.1. The van der Waals surface area contributed by atoms with Crippen molar-refractivity contribution in [3.8, 4) is 39.9 Å². The second kappa shape index (κ2) is 12.4. The van der Waals surface area contributed by atoms with Gasteiger partial charge in [0.2, 0.25) is 0 Å². The van der Waals surface area contributed by atoms with E-state index in [1.807, 2.05) is 60.7 Å². The Bertz CT molecular complexity index is 2740. The van der Waals surface area contributed by atoms with E-state index in [1.54, 1.807) is 0 Å². The van der Waals surface area contributed by atoms with Gasteiger partial charge in [0.25, 0.3) is 0 Å². The summed E-state index contributed by atoms with van der Waals surface area (Å²) >= 11 is 0. The van der Waals surface area contributed by atoms with Gasteiger partial charge in [-0.15, -0.1) is 0 Å². The van der Waals surface area contributed by atoms with Crippen molar-refractivity contribution >= 4 is 35.8 Å². The fraction of sp³-hybridized carbons (Fsp3) is 0.0625. The molecular formula is C48H35N4Si. The minimum atomic E-state index is -0.617. The third-order valence-electron chi connectivity index (χ3n) is 10.8. The van der Waals surface area contributed by atoms with Crippen molar-refractivity contribution in [1.82, 2.24) is 19.5 Å². The van der Waals surface area contributed by atoms with Crippen molar-refractivity contribution < 1.29 is 0 Å². The van der Waals surface area contributed by atoms with Crippen LogP contribution in [0.4, 0.5) is 0 Å². The molecule has 0 bridgehead atoms. The van der Waals surface area contributed by atoms with E-state index in [2.05, 4.69) is 133 Å². The first-order chi connectivity index (χ1) is 26.1. The highest BCUT2D eigenvalue weighted by Crippen LogP contribution is 2.54. The molecule has 4 nitrogen and oxygen atoms in total. The molecule has 5 heteroatoms. The fourth-order valence-electron chi connectivity index (χ4n) is 8.35. The van der Waals surface area contributed by atoms with Gasteiger partial charge in [-0.2, -0.15) is 0 Å². The molecular weight excluding hydrogens is 661 g/mol. The second-order valence-corrected chi connectivity index (χ2v) is 16.6. The number of benzene rings is 7. The maximum atomic E-state index is 5.03. The number of nitrogens with zero attached hydrogens (tertiary/aromatic N) is 4. The predicted octanol–water partition coefficient (Wildman–Crippen LogP) is 10.6. The highest BCUT2D eigenvalue weighted by molar-refractivity contribution is 6.71. The quantitative estimate of drug-likeness (QED) is 0.163. The van der Waals surface area contributed by atoms with Crippen LogP contribution in [0, 0.1) is 0 Å².